The van der Waals surface area contributed by atoms with E-state index in [0.717, 1.165) is 29.3 Å². The van der Waals surface area contributed by atoms with Gasteiger partial charge < -0.3 is 20.1 Å². The highest BCUT2D eigenvalue weighted by Crippen LogP contribution is 2.26. The molecule has 4 rings (SSSR count). The maximum absolute atomic E-state index is 13.6. The van der Waals surface area contributed by atoms with E-state index in [4.69, 9.17) is 9.47 Å². The van der Waals surface area contributed by atoms with Crippen molar-refractivity contribution in [2.24, 2.45) is 0 Å². The first kappa shape index (κ1) is 27.1. The molecule has 0 aromatic heterocycles. The summed E-state index contributed by atoms with van der Waals surface area (Å²) in [4.78, 5) is 25.8. The molecule has 0 aliphatic carbocycles. The minimum Gasteiger partial charge on any atom is -0.497 e. The van der Waals surface area contributed by atoms with E-state index in [1.54, 1.807) is 24.3 Å². The number of halogens is 1. The highest BCUT2D eigenvalue weighted by atomic mass is 32.2. The third-order valence-corrected chi connectivity index (χ3v) is 7.80. The summed E-state index contributed by atoms with van der Waals surface area (Å²) in [5.74, 6) is -1.17. The van der Waals surface area contributed by atoms with Crippen LogP contribution in [0.4, 0.5) is 15.8 Å². The number of hydrogen-bond donors (Lipinski definition) is 2. The van der Waals surface area contributed by atoms with Crippen LogP contribution < -0.4 is 19.7 Å². The molecule has 0 radical (unpaired) electrons. The molecule has 1 aliphatic heterocycles. The van der Waals surface area contributed by atoms with Crippen molar-refractivity contribution in [3.8, 4) is 5.75 Å². The van der Waals surface area contributed by atoms with Crippen molar-refractivity contribution >= 4 is 33.2 Å². The van der Waals surface area contributed by atoms with Crippen LogP contribution in [0.2, 0.25) is 0 Å². The zero-order valence-electron chi connectivity index (χ0n) is 20.7. The van der Waals surface area contributed by atoms with Crippen LogP contribution >= 0.6 is 0 Å². The van der Waals surface area contributed by atoms with Gasteiger partial charge in [-0.2, -0.15) is 0 Å². The molecule has 3 aromatic carbocycles. The van der Waals surface area contributed by atoms with Crippen LogP contribution in [0.3, 0.4) is 0 Å². The van der Waals surface area contributed by atoms with Gasteiger partial charge in [0.1, 0.15) is 18.1 Å². The highest BCUT2D eigenvalue weighted by molar-refractivity contribution is 7.92. The van der Waals surface area contributed by atoms with Crippen LogP contribution in [0.1, 0.15) is 23.2 Å². The fourth-order valence-electron chi connectivity index (χ4n) is 4.01. The minimum absolute atomic E-state index is 0.0480. The molecule has 2 N–H and O–H groups in total. The highest BCUT2D eigenvalue weighted by Gasteiger charge is 2.28. The van der Waals surface area contributed by atoms with E-state index >= 15 is 0 Å². The molecule has 38 heavy (non-hydrogen) atoms. The largest absolute Gasteiger partial charge is 0.497 e. The number of rotatable bonds is 10. The number of amides is 2. The Kier molecular flexibility index (Phi) is 8.59. The molecule has 11 heteroatoms. The van der Waals surface area contributed by atoms with Gasteiger partial charge in [-0.15, -0.1) is 0 Å². The molecule has 0 unspecified atom stereocenters. The maximum Gasteiger partial charge on any atom is 0.264 e. The zero-order valence-corrected chi connectivity index (χ0v) is 21.5. The number of carbonyl (C=O) groups excluding carboxylic acids is 2. The molecule has 200 valence electrons. The first-order chi connectivity index (χ1) is 18.3. The number of hydrogen-bond acceptors (Lipinski definition) is 6. The Morgan fingerprint density at radius 3 is 2.42 bits per heavy atom. The van der Waals surface area contributed by atoms with E-state index in [2.05, 4.69) is 10.6 Å². The smallest absolute Gasteiger partial charge is 0.264 e. The van der Waals surface area contributed by atoms with Crippen molar-refractivity contribution in [2.45, 2.75) is 23.8 Å². The van der Waals surface area contributed by atoms with E-state index in [9.17, 15) is 22.4 Å². The van der Waals surface area contributed by atoms with Crippen LogP contribution in [-0.4, -0.2) is 53.1 Å². The molecule has 1 aliphatic rings. The standard InChI is InChI=1S/C27H28FN3O6S/c1-36-21-12-14-23(15-13-21)38(34,35)31(20-10-8-19(28)9-11-20)18-26(32)30-25-7-3-2-6-24(25)27(33)29-17-22-5-4-16-37-22/h2-3,6-15,22H,4-5,16-18H2,1H3,(H,29,33)(H,30,32)/t22-/m1/s1. The van der Waals surface area contributed by atoms with Gasteiger partial charge in [0.25, 0.3) is 15.9 Å². The summed E-state index contributed by atoms with van der Waals surface area (Å²) in [6.07, 6.45) is 1.76. The Balaban J connectivity index is 1.55. The number of para-hydroxylation sites is 1. The molecule has 9 nitrogen and oxygen atoms in total. The van der Waals surface area contributed by atoms with Crippen molar-refractivity contribution in [2.75, 3.05) is 36.4 Å². The fraction of sp³-hybridized carbons (Fsp3) is 0.259. The van der Waals surface area contributed by atoms with Crippen LogP contribution in [0.15, 0.2) is 77.7 Å². The SMILES string of the molecule is COc1ccc(S(=O)(=O)N(CC(=O)Nc2ccccc2C(=O)NC[C@H]2CCCO2)c2ccc(F)cc2)cc1. The van der Waals surface area contributed by atoms with Gasteiger partial charge in [0.05, 0.1) is 35.0 Å². The number of ether oxygens (including phenoxy) is 2. The molecular weight excluding hydrogens is 513 g/mol. The van der Waals surface area contributed by atoms with Gasteiger partial charge in [0.2, 0.25) is 5.91 Å². The van der Waals surface area contributed by atoms with Gasteiger partial charge in [-0.3, -0.25) is 13.9 Å². The molecule has 1 heterocycles. The van der Waals surface area contributed by atoms with Crippen molar-refractivity contribution < 1.29 is 31.9 Å². The van der Waals surface area contributed by atoms with Crippen LogP contribution in [0, 0.1) is 5.82 Å². The van der Waals surface area contributed by atoms with Crippen LogP contribution in [0.5, 0.6) is 5.75 Å². The quantitative estimate of drug-likeness (QED) is 0.406. The van der Waals surface area contributed by atoms with Crippen molar-refractivity contribution in [1.29, 1.82) is 0 Å². The second kappa shape index (κ2) is 12.1. The number of nitrogens with one attached hydrogen (secondary N) is 2. The van der Waals surface area contributed by atoms with Gasteiger partial charge in [0, 0.05) is 13.2 Å². The van der Waals surface area contributed by atoms with Crippen LogP contribution in [-0.2, 0) is 19.6 Å². The van der Waals surface area contributed by atoms with Gasteiger partial charge in [-0.25, -0.2) is 12.8 Å². The summed E-state index contributed by atoms with van der Waals surface area (Å²) in [5, 5.41) is 5.46. The molecule has 0 bridgehead atoms. The Bertz CT molecular complexity index is 1370. The van der Waals surface area contributed by atoms with Crippen molar-refractivity contribution in [3.05, 3.63) is 84.2 Å². The Hall–Kier alpha value is -3.96. The first-order valence-electron chi connectivity index (χ1n) is 12.0. The summed E-state index contributed by atoms with van der Waals surface area (Å²) in [6.45, 7) is 0.391. The third-order valence-electron chi connectivity index (χ3n) is 6.01. The topological polar surface area (TPSA) is 114 Å². The lowest BCUT2D eigenvalue weighted by Crippen LogP contribution is -2.38. The van der Waals surface area contributed by atoms with E-state index < -0.39 is 34.2 Å². The number of benzene rings is 3. The number of nitrogens with zero attached hydrogens (tertiary/aromatic N) is 1. The molecule has 0 saturated carbocycles. The lowest BCUT2D eigenvalue weighted by Gasteiger charge is -2.24. The molecular formula is C27H28FN3O6S. The summed E-state index contributed by atoms with van der Waals surface area (Å²) in [7, 11) is -2.76. The Morgan fingerprint density at radius 1 is 1.05 bits per heavy atom. The third kappa shape index (κ3) is 6.48. The lowest BCUT2D eigenvalue weighted by atomic mass is 10.1. The normalized spacial score (nSPS) is 15.1. The Morgan fingerprint density at radius 2 is 1.76 bits per heavy atom. The van der Waals surface area contributed by atoms with E-state index in [0.29, 0.717) is 18.9 Å². The number of sulfonamides is 1. The van der Waals surface area contributed by atoms with Gasteiger partial charge in [0.15, 0.2) is 0 Å². The second-order valence-corrected chi connectivity index (χ2v) is 10.5. The summed E-state index contributed by atoms with van der Waals surface area (Å²) >= 11 is 0. The van der Waals surface area contributed by atoms with Gasteiger partial charge in [-0.1, -0.05) is 12.1 Å². The maximum atomic E-state index is 13.6. The molecule has 1 saturated heterocycles. The average Bonchev–Trinajstić information content (AvgIpc) is 3.45. The second-order valence-electron chi connectivity index (χ2n) is 8.60. The summed E-state index contributed by atoms with van der Waals surface area (Å²) in [6, 6.07) is 16.9. The Labute approximate surface area is 220 Å². The molecule has 1 fully saturated rings. The number of carbonyl (C=O) groups is 2. The number of methoxy groups -OCH3 is 1. The fourth-order valence-corrected chi connectivity index (χ4v) is 5.44. The van der Waals surface area contributed by atoms with E-state index in [1.165, 1.54) is 43.5 Å². The van der Waals surface area contributed by atoms with Crippen LogP contribution in [0.25, 0.3) is 0 Å². The molecule has 0 spiro atoms. The first-order valence-corrected chi connectivity index (χ1v) is 13.4. The average molecular weight is 542 g/mol. The molecule has 2 amide bonds. The number of anilines is 2. The lowest BCUT2D eigenvalue weighted by molar-refractivity contribution is -0.114. The monoisotopic (exact) mass is 541 g/mol. The van der Waals surface area contributed by atoms with Crippen molar-refractivity contribution in [1.82, 2.24) is 5.32 Å². The van der Waals surface area contributed by atoms with Gasteiger partial charge >= 0.3 is 0 Å². The molecule has 1 atom stereocenters. The molecule has 3 aromatic rings. The van der Waals surface area contributed by atoms with E-state index in [-0.39, 0.29) is 27.9 Å². The summed E-state index contributed by atoms with van der Waals surface area (Å²) in [5.41, 5.74) is 0.549. The predicted octanol–water partition coefficient (Wildman–Crippen LogP) is 3.58. The van der Waals surface area contributed by atoms with Crippen molar-refractivity contribution in [3.63, 3.8) is 0 Å². The minimum atomic E-state index is -4.22. The van der Waals surface area contributed by atoms with Gasteiger partial charge in [-0.05, 0) is 73.5 Å². The zero-order chi connectivity index (χ0) is 27.1. The predicted molar refractivity (Wildman–Crippen MR) is 140 cm³/mol. The summed E-state index contributed by atoms with van der Waals surface area (Å²) < 4.78 is 52.1. The van der Waals surface area contributed by atoms with E-state index in [1.807, 2.05) is 0 Å².